The number of hydrogen-bond donors (Lipinski definition) is 0. The zero-order valence-corrected chi connectivity index (χ0v) is 17.3. The third-order valence-corrected chi connectivity index (χ3v) is 5.84. The van der Waals surface area contributed by atoms with Crippen LogP contribution in [0.5, 0.6) is 5.75 Å². The predicted octanol–water partition coefficient (Wildman–Crippen LogP) is 4.17. The van der Waals surface area contributed by atoms with E-state index in [1.807, 2.05) is 24.3 Å². The van der Waals surface area contributed by atoms with E-state index < -0.39 is 0 Å². The van der Waals surface area contributed by atoms with E-state index in [1.165, 1.54) is 24.8 Å². The summed E-state index contributed by atoms with van der Waals surface area (Å²) >= 11 is 0. The lowest BCUT2D eigenvalue weighted by atomic mass is 9.97. The van der Waals surface area contributed by atoms with E-state index in [9.17, 15) is 4.79 Å². The molecule has 2 heterocycles. The van der Waals surface area contributed by atoms with Gasteiger partial charge in [0.1, 0.15) is 5.75 Å². The largest absolute Gasteiger partial charge is 0.497 e. The number of piperidine rings is 1. The Balaban J connectivity index is 1.61. The van der Waals surface area contributed by atoms with Crippen molar-refractivity contribution in [2.24, 2.45) is 5.10 Å². The lowest BCUT2D eigenvalue weighted by Crippen LogP contribution is -2.40. The number of benzene rings is 2. The fraction of sp³-hybridized carbons (Fsp3) is 0.417. The maximum atomic E-state index is 13.2. The van der Waals surface area contributed by atoms with E-state index in [0.717, 1.165) is 35.7 Å². The van der Waals surface area contributed by atoms with E-state index in [0.29, 0.717) is 13.0 Å². The molecule has 5 heteroatoms. The Morgan fingerprint density at radius 3 is 2.59 bits per heavy atom. The molecule has 1 fully saturated rings. The minimum atomic E-state index is -0.0610. The molecule has 0 aliphatic carbocycles. The molecule has 2 aliphatic heterocycles. The maximum Gasteiger partial charge on any atom is 0.257 e. The van der Waals surface area contributed by atoms with Gasteiger partial charge in [-0.05, 0) is 50.6 Å². The van der Waals surface area contributed by atoms with Crippen molar-refractivity contribution in [2.45, 2.75) is 38.6 Å². The van der Waals surface area contributed by atoms with Crippen LogP contribution in [0.3, 0.4) is 0 Å². The van der Waals surface area contributed by atoms with Crippen LogP contribution in [0, 0.1) is 6.92 Å². The van der Waals surface area contributed by atoms with Gasteiger partial charge >= 0.3 is 0 Å². The lowest BCUT2D eigenvalue weighted by molar-refractivity contribution is -0.134. The van der Waals surface area contributed by atoms with Gasteiger partial charge in [-0.3, -0.25) is 9.69 Å². The number of likely N-dealkylation sites (tertiary alicyclic amines) is 1. The highest BCUT2D eigenvalue weighted by Gasteiger charge is 2.33. The van der Waals surface area contributed by atoms with Gasteiger partial charge in [0.05, 0.1) is 25.4 Å². The number of hydrazone groups is 1. The average molecular weight is 392 g/mol. The van der Waals surface area contributed by atoms with Crippen LogP contribution in [0.2, 0.25) is 0 Å². The molecule has 1 atom stereocenters. The minimum absolute atomic E-state index is 0.0610. The molecular formula is C24H29N3O2. The molecule has 5 nitrogen and oxygen atoms in total. The molecule has 0 N–H and O–H groups in total. The fourth-order valence-corrected chi connectivity index (χ4v) is 4.15. The molecule has 0 aromatic heterocycles. The van der Waals surface area contributed by atoms with Crippen molar-refractivity contribution in [3.63, 3.8) is 0 Å². The van der Waals surface area contributed by atoms with Crippen LogP contribution < -0.4 is 4.74 Å². The molecule has 4 rings (SSSR count). The Hall–Kier alpha value is -2.66. The normalized spacial score (nSPS) is 19.9. The quantitative estimate of drug-likeness (QED) is 0.769. The predicted molar refractivity (Wildman–Crippen MR) is 115 cm³/mol. The zero-order chi connectivity index (χ0) is 20.2. The highest BCUT2D eigenvalue weighted by molar-refractivity contribution is 6.03. The monoisotopic (exact) mass is 391 g/mol. The van der Waals surface area contributed by atoms with Crippen molar-refractivity contribution in [2.75, 3.05) is 26.7 Å². The second-order valence-electron chi connectivity index (χ2n) is 7.98. The van der Waals surface area contributed by atoms with Gasteiger partial charge in [-0.15, -0.1) is 0 Å². The summed E-state index contributed by atoms with van der Waals surface area (Å²) in [4.78, 5) is 15.5. The standard InChI is InChI=1S/C24H29N3O2/c1-18-9-11-19(12-10-18)23-16-22(20-7-6-8-21(15-20)29-2)25-27(23)24(28)17-26-13-4-3-5-14-26/h6-12,15,23H,3-5,13-14,16-17H2,1-2H3. The number of carbonyl (C=O) groups is 1. The summed E-state index contributed by atoms with van der Waals surface area (Å²) in [5, 5.41) is 6.51. The van der Waals surface area contributed by atoms with Gasteiger partial charge in [0.2, 0.25) is 0 Å². The van der Waals surface area contributed by atoms with Crippen molar-refractivity contribution in [3.05, 3.63) is 65.2 Å². The van der Waals surface area contributed by atoms with Crippen LogP contribution in [-0.2, 0) is 4.79 Å². The van der Waals surface area contributed by atoms with E-state index in [2.05, 4.69) is 36.1 Å². The number of aryl methyl sites for hydroxylation is 1. The van der Waals surface area contributed by atoms with Crippen molar-refractivity contribution >= 4 is 11.6 Å². The number of ether oxygens (including phenoxy) is 1. The van der Waals surface area contributed by atoms with E-state index >= 15 is 0 Å². The Morgan fingerprint density at radius 1 is 1.10 bits per heavy atom. The lowest BCUT2D eigenvalue weighted by Gasteiger charge is -2.29. The summed E-state index contributed by atoms with van der Waals surface area (Å²) in [6, 6.07) is 16.3. The number of carbonyl (C=O) groups excluding carboxylic acids is 1. The first kappa shape index (κ1) is 19.6. The third-order valence-electron chi connectivity index (χ3n) is 5.84. The first-order valence-electron chi connectivity index (χ1n) is 10.5. The van der Waals surface area contributed by atoms with E-state index in [1.54, 1.807) is 12.1 Å². The molecule has 1 unspecified atom stereocenters. The second-order valence-corrected chi connectivity index (χ2v) is 7.98. The van der Waals surface area contributed by atoms with Gasteiger partial charge in [-0.2, -0.15) is 5.10 Å². The van der Waals surface area contributed by atoms with Crippen LogP contribution in [-0.4, -0.2) is 48.3 Å². The van der Waals surface area contributed by atoms with Crippen molar-refractivity contribution in [3.8, 4) is 5.75 Å². The summed E-state index contributed by atoms with van der Waals surface area (Å²) in [5.41, 5.74) is 4.28. The molecular weight excluding hydrogens is 362 g/mol. The second kappa shape index (κ2) is 8.78. The molecule has 0 radical (unpaired) electrons. The van der Waals surface area contributed by atoms with Crippen LogP contribution in [0.4, 0.5) is 0 Å². The molecule has 2 aromatic rings. The molecule has 2 aliphatic rings. The molecule has 2 aromatic carbocycles. The first-order chi connectivity index (χ1) is 14.1. The summed E-state index contributed by atoms with van der Waals surface area (Å²) in [7, 11) is 1.67. The summed E-state index contributed by atoms with van der Waals surface area (Å²) < 4.78 is 5.37. The van der Waals surface area contributed by atoms with Crippen molar-refractivity contribution in [1.82, 2.24) is 9.91 Å². The van der Waals surface area contributed by atoms with Gasteiger partial charge < -0.3 is 4.74 Å². The number of nitrogens with zero attached hydrogens (tertiary/aromatic N) is 3. The van der Waals surface area contributed by atoms with Gasteiger partial charge in [0.15, 0.2) is 0 Å². The minimum Gasteiger partial charge on any atom is -0.497 e. The zero-order valence-electron chi connectivity index (χ0n) is 17.3. The number of rotatable bonds is 5. The topological polar surface area (TPSA) is 45.1 Å². The van der Waals surface area contributed by atoms with Gasteiger partial charge in [0, 0.05) is 12.0 Å². The highest BCUT2D eigenvalue weighted by atomic mass is 16.5. The molecule has 0 bridgehead atoms. The third kappa shape index (κ3) is 4.51. The Morgan fingerprint density at radius 2 is 1.86 bits per heavy atom. The molecule has 152 valence electrons. The number of amides is 1. The smallest absolute Gasteiger partial charge is 0.257 e. The van der Waals surface area contributed by atoms with Crippen LogP contribution in [0.1, 0.15) is 48.4 Å². The van der Waals surface area contributed by atoms with Crippen LogP contribution in [0.15, 0.2) is 53.6 Å². The summed E-state index contributed by atoms with van der Waals surface area (Å²) in [6.07, 6.45) is 4.32. The SMILES string of the molecule is COc1cccc(C2=NN(C(=O)CN3CCCCC3)C(c3ccc(C)cc3)C2)c1. The highest BCUT2D eigenvalue weighted by Crippen LogP contribution is 2.33. The van der Waals surface area contributed by atoms with E-state index in [4.69, 9.17) is 9.84 Å². The van der Waals surface area contributed by atoms with Crippen molar-refractivity contribution in [1.29, 1.82) is 0 Å². The number of hydrogen-bond acceptors (Lipinski definition) is 4. The molecule has 1 saturated heterocycles. The van der Waals surface area contributed by atoms with Gasteiger partial charge in [0.25, 0.3) is 5.91 Å². The molecule has 29 heavy (non-hydrogen) atoms. The Labute approximate surface area is 173 Å². The summed E-state index contributed by atoms with van der Waals surface area (Å²) in [5.74, 6) is 0.880. The first-order valence-corrected chi connectivity index (χ1v) is 10.5. The van der Waals surface area contributed by atoms with E-state index in [-0.39, 0.29) is 11.9 Å². The van der Waals surface area contributed by atoms with Gasteiger partial charge in [-0.1, -0.05) is 48.4 Å². The molecule has 1 amide bonds. The summed E-state index contributed by atoms with van der Waals surface area (Å²) in [6.45, 7) is 4.52. The number of methoxy groups -OCH3 is 1. The molecule has 0 spiro atoms. The van der Waals surface area contributed by atoms with Crippen LogP contribution in [0.25, 0.3) is 0 Å². The van der Waals surface area contributed by atoms with Gasteiger partial charge in [-0.25, -0.2) is 5.01 Å². The van der Waals surface area contributed by atoms with Crippen LogP contribution >= 0.6 is 0 Å². The van der Waals surface area contributed by atoms with Crippen molar-refractivity contribution < 1.29 is 9.53 Å². The molecule has 0 saturated carbocycles. The Bertz CT molecular complexity index is 885. The maximum absolute atomic E-state index is 13.2. The average Bonchev–Trinajstić information content (AvgIpc) is 3.21. The fourth-order valence-electron chi connectivity index (χ4n) is 4.15. The Kier molecular flexibility index (Phi) is 5.95.